The van der Waals surface area contributed by atoms with Crippen LogP contribution in [0, 0.1) is 12.5 Å². The summed E-state index contributed by atoms with van der Waals surface area (Å²) in [5, 5.41) is 12.2. The van der Waals surface area contributed by atoms with Crippen molar-refractivity contribution in [2.75, 3.05) is 6.61 Å². The van der Waals surface area contributed by atoms with Crippen molar-refractivity contribution in [3.05, 3.63) is 6.54 Å². The molecule has 1 amide bonds. The van der Waals surface area contributed by atoms with Gasteiger partial charge in [-0.15, -0.1) is 0 Å². The smallest absolute Gasteiger partial charge is 0.226 e. The summed E-state index contributed by atoms with van der Waals surface area (Å²) in [6.45, 7) is 3.89. The second-order valence-corrected chi connectivity index (χ2v) is 5.52. The van der Waals surface area contributed by atoms with Crippen molar-refractivity contribution in [3.63, 3.8) is 0 Å². The number of hydrogen-bond acceptors (Lipinski definition) is 3. The molecule has 2 fully saturated rings. The zero-order chi connectivity index (χ0) is 11.7. The van der Waals surface area contributed by atoms with E-state index < -0.39 is 0 Å². The van der Waals surface area contributed by atoms with Gasteiger partial charge in [0, 0.05) is 25.0 Å². The molecule has 0 aromatic rings. The minimum absolute atomic E-state index is 0.0141. The van der Waals surface area contributed by atoms with Crippen LogP contribution in [-0.4, -0.2) is 39.6 Å². The molecule has 2 aliphatic rings. The van der Waals surface area contributed by atoms with Gasteiger partial charge >= 0.3 is 0 Å². The fourth-order valence-corrected chi connectivity index (χ4v) is 3.40. The SMILES string of the molecule is CC1[CH]NC(C2CC2)C(Br)N1C(=O)CCO. The minimum Gasteiger partial charge on any atom is -0.396 e. The predicted octanol–water partition coefficient (Wildman–Crippen LogP) is 0.850. The van der Waals surface area contributed by atoms with Crippen LogP contribution in [0.5, 0.6) is 0 Å². The number of rotatable bonds is 3. The summed E-state index contributed by atoms with van der Waals surface area (Å²) < 4.78 is 0. The number of nitrogens with one attached hydrogen (secondary N) is 1. The van der Waals surface area contributed by atoms with Gasteiger partial charge in [0.25, 0.3) is 0 Å². The molecule has 1 aliphatic heterocycles. The lowest BCUT2D eigenvalue weighted by Crippen LogP contribution is -2.59. The molecule has 1 aliphatic carbocycles. The summed E-state index contributed by atoms with van der Waals surface area (Å²) in [7, 11) is 0. The van der Waals surface area contributed by atoms with Crippen molar-refractivity contribution in [3.8, 4) is 0 Å². The molecule has 2 rings (SSSR count). The number of alkyl halides is 1. The maximum Gasteiger partial charge on any atom is 0.226 e. The molecule has 3 atom stereocenters. The van der Waals surface area contributed by atoms with E-state index in [9.17, 15) is 4.79 Å². The number of nitrogens with zero attached hydrogens (tertiary/aromatic N) is 1. The van der Waals surface area contributed by atoms with Crippen molar-refractivity contribution in [1.82, 2.24) is 10.2 Å². The summed E-state index contributed by atoms with van der Waals surface area (Å²) in [4.78, 5) is 13.8. The van der Waals surface area contributed by atoms with E-state index in [4.69, 9.17) is 5.11 Å². The number of aliphatic hydroxyl groups is 1. The lowest BCUT2D eigenvalue weighted by Gasteiger charge is -2.43. The Morgan fingerprint density at radius 3 is 2.88 bits per heavy atom. The number of carbonyl (C=O) groups is 1. The van der Waals surface area contributed by atoms with Gasteiger partial charge < -0.3 is 15.3 Å². The van der Waals surface area contributed by atoms with E-state index in [1.54, 1.807) is 0 Å². The normalized spacial score (nSPS) is 35.2. The van der Waals surface area contributed by atoms with E-state index in [-0.39, 0.29) is 29.9 Å². The van der Waals surface area contributed by atoms with E-state index in [1.807, 2.05) is 18.4 Å². The molecule has 3 unspecified atom stereocenters. The maximum atomic E-state index is 11.9. The minimum atomic E-state index is -0.0801. The first kappa shape index (κ1) is 12.3. The molecule has 0 spiro atoms. The van der Waals surface area contributed by atoms with Gasteiger partial charge in [0.1, 0.15) is 4.95 Å². The summed E-state index contributed by atoms with van der Waals surface area (Å²) in [5.74, 6) is 0.692. The highest BCUT2D eigenvalue weighted by molar-refractivity contribution is 9.09. The topological polar surface area (TPSA) is 52.6 Å². The van der Waals surface area contributed by atoms with Gasteiger partial charge in [-0.3, -0.25) is 4.79 Å². The van der Waals surface area contributed by atoms with E-state index in [0.29, 0.717) is 12.0 Å². The molecule has 1 saturated heterocycles. The zero-order valence-electron chi connectivity index (χ0n) is 9.40. The average Bonchev–Trinajstić information content (AvgIpc) is 3.02. The Hall–Kier alpha value is -0.130. The fourth-order valence-electron chi connectivity index (χ4n) is 2.21. The van der Waals surface area contributed by atoms with Gasteiger partial charge in [-0.25, -0.2) is 0 Å². The van der Waals surface area contributed by atoms with E-state index in [0.717, 1.165) is 0 Å². The van der Waals surface area contributed by atoms with Crippen molar-refractivity contribution in [2.24, 2.45) is 5.92 Å². The molecular formula is C11H18BrN2O2. The molecule has 5 heteroatoms. The van der Waals surface area contributed by atoms with Gasteiger partial charge in [-0.2, -0.15) is 0 Å². The molecule has 0 aromatic heterocycles. The third kappa shape index (κ3) is 2.41. The summed E-state index contributed by atoms with van der Waals surface area (Å²) in [6.07, 6.45) is 2.69. The fraction of sp³-hybridized carbons (Fsp3) is 0.818. The summed E-state index contributed by atoms with van der Waals surface area (Å²) >= 11 is 3.61. The van der Waals surface area contributed by atoms with Crippen LogP contribution < -0.4 is 5.32 Å². The highest BCUT2D eigenvalue weighted by atomic mass is 79.9. The van der Waals surface area contributed by atoms with Crippen LogP contribution in [-0.2, 0) is 4.79 Å². The van der Waals surface area contributed by atoms with E-state index >= 15 is 0 Å². The van der Waals surface area contributed by atoms with Gasteiger partial charge in [-0.1, -0.05) is 15.9 Å². The molecule has 16 heavy (non-hydrogen) atoms. The second kappa shape index (κ2) is 5.02. The molecule has 0 aromatic carbocycles. The molecule has 1 heterocycles. The van der Waals surface area contributed by atoms with Crippen molar-refractivity contribution in [2.45, 2.75) is 43.2 Å². The largest absolute Gasteiger partial charge is 0.396 e. The Morgan fingerprint density at radius 2 is 2.31 bits per heavy atom. The van der Waals surface area contributed by atoms with Crippen LogP contribution in [0.15, 0.2) is 0 Å². The van der Waals surface area contributed by atoms with E-state index in [2.05, 4.69) is 21.2 Å². The molecule has 1 radical (unpaired) electrons. The monoisotopic (exact) mass is 289 g/mol. The van der Waals surface area contributed by atoms with Crippen molar-refractivity contribution in [1.29, 1.82) is 0 Å². The van der Waals surface area contributed by atoms with Crippen LogP contribution in [0.2, 0.25) is 0 Å². The zero-order valence-corrected chi connectivity index (χ0v) is 11.0. The molecule has 1 saturated carbocycles. The Balaban J connectivity index is 2.04. The average molecular weight is 290 g/mol. The van der Waals surface area contributed by atoms with E-state index in [1.165, 1.54) is 12.8 Å². The Morgan fingerprint density at radius 1 is 1.62 bits per heavy atom. The highest BCUT2D eigenvalue weighted by Gasteiger charge is 2.43. The number of aliphatic hydroxyl groups excluding tert-OH is 1. The molecule has 4 nitrogen and oxygen atoms in total. The van der Waals surface area contributed by atoms with Crippen LogP contribution in [0.25, 0.3) is 0 Å². The standard InChI is InChI=1S/C11H18BrN2O2/c1-7-6-13-10(8-2-3-8)11(12)14(7)9(16)4-5-15/h6-8,10-11,13,15H,2-5H2,1H3. The maximum absolute atomic E-state index is 11.9. The number of amides is 1. The molecular weight excluding hydrogens is 272 g/mol. The van der Waals surface area contributed by atoms with Gasteiger partial charge in [0.15, 0.2) is 0 Å². The Kier molecular flexibility index (Phi) is 3.87. The summed E-state index contributed by atoms with van der Waals surface area (Å²) in [5.41, 5.74) is 0. The second-order valence-electron chi connectivity index (χ2n) is 4.58. The van der Waals surface area contributed by atoms with Crippen LogP contribution >= 0.6 is 15.9 Å². The number of piperazine rings is 1. The third-order valence-electron chi connectivity index (χ3n) is 3.27. The first-order valence-corrected chi connectivity index (χ1v) is 6.72. The highest BCUT2D eigenvalue weighted by Crippen LogP contribution is 2.39. The number of hydrogen-bond donors (Lipinski definition) is 2. The molecule has 2 N–H and O–H groups in total. The lowest BCUT2D eigenvalue weighted by atomic mass is 10.1. The first-order chi connectivity index (χ1) is 7.65. The van der Waals surface area contributed by atoms with Gasteiger partial charge in [0.05, 0.1) is 6.61 Å². The Labute approximate surface area is 105 Å². The number of carbonyl (C=O) groups excluding carboxylic acids is 1. The van der Waals surface area contributed by atoms with Crippen LogP contribution in [0.3, 0.4) is 0 Å². The van der Waals surface area contributed by atoms with Gasteiger partial charge in [0.2, 0.25) is 5.91 Å². The van der Waals surface area contributed by atoms with Crippen LogP contribution in [0.4, 0.5) is 0 Å². The predicted molar refractivity (Wildman–Crippen MR) is 64.7 cm³/mol. The quantitative estimate of drug-likeness (QED) is 0.598. The third-order valence-corrected chi connectivity index (χ3v) is 4.28. The lowest BCUT2D eigenvalue weighted by molar-refractivity contribution is -0.135. The summed E-state index contributed by atoms with van der Waals surface area (Å²) in [6, 6.07) is 0.386. The van der Waals surface area contributed by atoms with Gasteiger partial charge in [-0.05, 0) is 25.7 Å². The molecule has 0 bridgehead atoms. The Bertz CT molecular complexity index is 271. The van der Waals surface area contributed by atoms with Crippen molar-refractivity contribution >= 4 is 21.8 Å². The number of halogens is 1. The molecule has 91 valence electrons. The van der Waals surface area contributed by atoms with Crippen molar-refractivity contribution < 1.29 is 9.90 Å². The first-order valence-electron chi connectivity index (χ1n) is 5.80. The van der Waals surface area contributed by atoms with Crippen LogP contribution in [0.1, 0.15) is 26.2 Å².